The van der Waals surface area contributed by atoms with Gasteiger partial charge in [0.2, 0.25) is 5.82 Å². The molecule has 0 saturated carbocycles. The van der Waals surface area contributed by atoms with Crippen LogP contribution < -0.4 is 5.32 Å². The van der Waals surface area contributed by atoms with E-state index in [0.717, 1.165) is 11.3 Å². The Bertz CT molecular complexity index is 818. The van der Waals surface area contributed by atoms with Crippen molar-refractivity contribution in [1.29, 1.82) is 0 Å². The molecule has 0 aliphatic rings. The number of amides is 1. The summed E-state index contributed by atoms with van der Waals surface area (Å²) < 4.78 is 1.52. The summed E-state index contributed by atoms with van der Waals surface area (Å²) in [6, 6.07) is 15.7. The van der Waals surface area contributed by atoms with E-state index in [9.17, 15) is 9.90 Å². The molecule has 1 atom stereocenters. The van der Waals surface area contributed by atoms with E-state index in [4.69, 9.17) is 11.6 Å². The fourth-order valence-corrected chi connectivity index (χ4v) is 2.35. The number of rotatable bonds is 5. The van der Waals surface area contributed by atoms with Crippen molar-refractivity contribution < 1.29 is 9.90 Å². The number of aromatic nitrogens is 3. The Morgan fingerprint density at radius 3 is 2.54 bits per heavy atom. The quantitative estimate of drug-likeness (QED) is 0.746. The van der Waals surface area contributed by atoms with E-state index in [1.165, 1.54) is 11.0 Å². The van der Waals surface area contributed by atoms with Gasteiger partial charge in [-0.2, -0.15) is 0 Å². The number of nitrogens with zero attached hydrogens (tertiary/aromatic N) is 3. The van der Waals surface area contributed by atoms with Crippen molar-refractivity contribution in [2.45, 2.75) is 6.04 Å². The number of carbonyl (C=O) groups excluding carboxylic acids is 1. The van der Waals surface area contributed by atoms with Crippen LogP contribution in [0.2, 0.25) is 5.02 Å². The number of para-hydroxylation sites is 1. The molecule has 0 fully saturated rings. The van der Waals surface area contributed by atoms with E-state index >= 15 is 0 Å². The highest BCUT2D eigenvalue weighted by atomic mass is 35.5. The normalized spacial score (nSPS) is 11.9. The summed E-state index contributed by atoms with van der Waals surface area (Å²) in [5, 5.41) is 17.0. The zero-order valence-corrected chi connectivity index (χ0v) is 13.4. The van der Waals surface area contributed by atoms with Crippen LogP contribution in [0.15, 0.2) is 60.9 Å². The topological polar surface area (TPSA) is 80.0 Å². The molecule has 0 saturated heterocycles. The molecule has 0 spiro atoms. The highest BCUT2D eigenvalue weighted by Crippen LogP contribution is 2.16. The van der Waals surface area contributed by atoms with Gasteiger partial charge >= 0.3 is 0 Å². The van der Waals surface area contributed by atoms with E-state index in [2.05, 4.69) is 15.4 Å². The van der Waals surface area contributed by atoms with Crippen LogP contribution in [0.3, 0.4) is 0 Å². The van der Waals surface area contributed by atoms with Crippen molar-refractivity contribution in [3.05, 3.63) is 77.3 Å². The van der Waals surface area contributed by atoms with E-state index < -0.39 is 11.9 Å². The van der Waals surface area contributed by atoms with E-state index in [0.29, 0.717) is 5.02 Å². The summed E-state index contributed by atoms with van der Waals surface area (Å²) in [4.78, 5) is 16.3. The second-order valence-corrected chi connectivity index (χ2v) is 5.54. The molecular weight excluding hydrogens is 328 g/mol. The van der Waals surface area contributed by atoms with E-state index in [1.807, 2.05) is 30.3 Å². The minimum absolute atomic E-state index is 0.0336. The first-order valence-corrected chi connectivity index (χ1v) is 7.69. The van der Waals surface area contributed by atoms with Gasteiger partial charge in [-0.3, -0.25) is 4.79 Å². The minimum Gasteiger partial charge on any atom is -0.394 e. The average Bonchev–Trinajstić information content (AvgIpc) is 3.11. The van der Waals surface area contributed by atoms with Crippen LogP contribution in [0.4, 0.5) is 0 Å². The largest absolute Gasteiger partial charge is 0.394 e. The van der Waals surface area contributed by atoms with E-state index in [-0.39, 0.29) is 12.4 Å². The van der Waals surface area contributed by atoms with Crippen LogP contribution in [0.25, 0.3) is 5.69 Å². The lowest BCUT2D eigenvalue weighted by atomic mass is 10.1. The summed E-state index contributed by atoms with van der Waals surface area (Å²) in [6.45, 7) is -0.243. The lowest BCUT2D eigenvalue weighted by molar-refractivity contribution is 0.0905. The standard InChI is InChI=1S/C17H15ClN4O2/c18-13-8-6-12(7-9-13)15(10-23)20-17(24)16-19-11-22(21-16)14-4-2-1-3-5-14/h1-9,11,15,23H,10H2,(H,20,24). The smallest absolute Gasteiger partial charge is 0.291 e. The maximum absolute atomic E-state index is 12.3. The number of hydrogen-bond acceptors (Lipinski definition) is 4. The van der Waals surface area contributed by atoms with Crippen LogP contribution in [-0.4, -0.2) is 32.4 Å². The molecule has 0 radical (unpaired) electrons. The first kappa shape index (κ1) is 16.2. The molecule has 6 nitrogen and oxygen atoms in total. The number of halogens is 1. The Morgan fingerprint density at radius 1 is 1.17 bits per heavy atom. The van der Waals surface area contributed by atoms with Gasteiger partial charge in [0, 0.05) is 5.02 Å². The summed E-state index contributed by atoms with van der Waals surface area (Å²) in [5.41, 5.74) is 1.55. The summed E-state index contributed by atoms with van der Waals surface area (Å²) >= 11 is 5.85. The minimum atomic E-state index is -0.557. The maximum Gasteiger partial charge on any atom is 0.291 e. The molecule has 122 valence electrons. The van der Waals surface area contributed by atoms with Gasteiger partial charge < -0.3 is 10.4 Å². The van der Waals surface area contributed by atoms with Gasteiger partial charge in [0.25, 0.3) is 5.91 Å². The Labute approximate surface area is 143 Å². The third-order valence-corrected chi connectivity index (χ3v) is 3.73. The summed E-state index contributed by atoms with van der Waals surface area (Å²) in [5.74, 6) is -0.426. The number of hydrogen-bond donors (Lipinski definition) is 2. The van der Waals surface area contributed by atoms with Crippen LogP contribution in [0, 0.1) is 0 Å². The molecule has 1 amide bonds. The number of aliphatic hydroxyl groups is 1. The summed E-state index contributed by atoms with van der Waals surface area (Å²) in [6.07, 6.45) is 1.47. The van der Waals surface area contributed by atoms with Gasteiger partial charge in [-0.15, -0.1) is 5.10 Å². The Hall–Kier alpha value is -2.70. The predicted molar refractivity (Wildman–Crippen MR) is 90.1 cm³/mol. The van der Waals surface area contributed by atoms with Crippen molar-refractivity contribution in [2.75, 3.05) is 6.61 Å². The van der Waals surface area contributed by atoms with Crippen molar-refractivity contribution in [1.82, 2.24) is 20.1 Å². The van der Waals surface area contributed by atoms with Gasteiger partial charge in [-0.05, 0) is 29.8 Å². The number of benzene rings is 2. The highest BCUT2D eigenvalue weighted by molar-refractivity contribution is 6.30. The molecular formula is C17H15ClN4O2. The SMILES string of the molecule is O=C(NC(CO)c1ccc(Cl)cc1)c1ncn(-c2ccccc2)n1. The average molecular weight is 343 g/mol. The van der Waals surface area contributed by atoms with Gasteiger partial charge in [0.1, 0.15) is 6.33 Å². The molecule has 0 bridgehead atoms. The fourth-order valence-electron chi connectivity index (χ4n) is 2.22. The molecule has 3 aromatic rings. The molecule has 2 aromatic carbocycles. The number of aliphatic hydroxyl groups excluding tert-OH is 1. The van der Waals surface area contributed by atoms with E-state index in [1.54, 1.807) is 24.3 Å². The fraction of sp³-hybridized carbons (Fsp3) is 0.118. The van der Waals surface area contributed by atoms with Gasteiger partial charge in [-0.1, -0.05) is 41.9 Å². The van der Waals surface area contributed by atoms with Crippen LogP contribution in [-0.2, 0) is 0 Å². The summed E-state index contributed by atoms with van der Waals surface area (Å²) in [7, 11) is 0. The van der Waals surface area contributed by atoms with Crippen LogP contribution in [0.5, 0.6) is 0 Å². The van der Waals surface area contributed by atoms with Crippen molar-refractivity contribution in [3.8, 4) is 5.69 Å². The molecule has 2 N–H and O–H groups in total. The van der Waals surface area contributed by atoms with Crippen molar-refractivity contribution in [2.24, 2.45) is 0 Å². The Kier molecular flexibility index (Phi) is 4.88. The first-order chi connectivity index (χ1) is 11.7. The Morgan fingerprint density at radius 2 is 1.88 bits per heavy atom. The second-order valence-electron chi connectivity index (χ2n) is 5.11. The highest BCUT2D eigenvalue weighted by Gasteiger charge is 2.18. The van der Waals surface area contributed by atoms with Crippen LogP contribution >= 0.6 is 11.6 Å². The molecule has 1 unspecified atom stereocenters. The first-order valence-electron chi connectivity index (χ1n) is 7.31. The van der Waals surface area contributed by atoms with Gasteiger partial charge in [-0.25, -0.2) is 9.67 Å². The zero-order valence-electron chi connectivity index (χ0n) is 12.6. The van der Waals surface area contributed by atoms with Crippen molar-refractivity contribution in [3.63, 3.8) is 0 Å². The third kappa shape index (κ3) is 3.61. The van der Waals surface area contributed by atoms with Crippen LogP contribution in [0.1, 0.15) is 22.2 Å². The monoisotopic (exact) mass is 342 g/mol. The Balaban J connectivity index is 1.74. The molecule has 3 rings (SSSR count). The molecule has 1 aromatic heterocycles. The molecule has 0 aliphatic heterocycles. The maximum atomic E-state index is 12.3. The van der Waals surface area contributed by atoms with Crippen molar-refractivity contribution >= 4 is 17.5 Å². The van der Waals surface area contributed by atoms with Gasteiger partial charge in [0.15, 0.2) is 0 Å². The molecule has 7 heteroatoms. The molecule has 0 aliphatic carbocycles. The molecule has 1 heterocycles. The number of carbonyl (C=O) groups is 1. The molecule has 24 heavy (non-hydrogen) atoms. The zero-order chi connectivity index (χ0) is 16.9. The number of nitrogens with one attached hydrogen (secondary N) is 1. The third-order valence-electron chi connectivity index (χ3n) is 3.48. The van der Waals surface area contributed by atoms with Gasteiger partial charge in [0.05, 0.1) is 18.3 Å². The lowest BCUT2D eigenvalue weighted by Crippen LogP contribution is -2.31. The predicted octanol–water partition coefficient (Wildman–Crippen LogP) is 2.38. The second kappa shape index (κ2) is 7.25. The lowest BCUT2D eigenvalue weighted by Gasteiger charge is -2.15.